The highest BCUT2D eigenvalue weighted by Gasteiger charge is 2.01. The van der Waals surface area contributed by atoms with Gasteiger partial charge in [-0.2, -0.15) is 0 Å². The quantitative estimate of drug-likeness (QED) is 0.477. The van der Waals surface area contributed by atoms with Crippen LogP contribution in [-0.4, -0.2) is 18.4 Å². The fourth-order valence-electron chi connectivity index (χ4n) is 0.777. The van der Waals surface area contributed by atoms with Gasteiger partial charge in [0.2, 0.25) is 0 Å². The molecule has 0 spiro atoms. The van der Waals surface area contributed by atoms with Crippen LogP contribution >= 0.6 is 0 Å². The van der Waals surface area contributed by atoms with Gasteiger partial charge in [-0.15, -0.1) is 6.42 Å². The number of ether oxygens (including phenoxy) is 1. The number of terminal acetylenes is 1. The van der Waals surface area contributed by atoms with Crippen molar-refractivity contribution in [1.29, 1.82) is 0 Å². The van der Waals surface area contributed by atoms with E-state index in [1.54, 1.807) is 6.07 Å². The Kier molecular flexibility index (Phi) is 2.44. The monoisotopic (exact) mass is 161 g/mol. The molecule has 0 atom stereocenters. The Hall–Kier alpha value is -1.82. The first-order chi connectivity index (χ1) is 5.81. The molecule has 0 radical (unpaired) electrons. The van der Waals surface area contributed by atoms with E-state index in [9.17, 15) is 4.79 Å². The van der Waals surface area contributed by atoms with E-state index >= 15 is 0 Å². The highest BCUT2D eigenvalue weighted by molar-refractivity contribution is 5.76. The topological polar surface area (TPSA) is 39.2 Å². The van der Waals surface area contributed by atoms with Gasteiger partial charge in [-0.05, 0) is 6.07 Å². The molecule has 1 heterocycles. The fraction of sp³-hybridized carbons (Fsp3) is 0.111. The predicted molar refractivity (Wildman–Crippen MR) is 44.1 cm³/mol. The van der Waals surface area contributed by atoms with Gasteiger partial charge in [0.25, 0.3) is 0 Å². The van der Waals surface area contributed by atoms with Gasteiger partial charge in [-0.25, -0.2) is 4.98 Å². The van der Waals surface area contributed by atoms with Crippen LogP contribution in [0.4, 0.5) is 0 Å². The molecule has 0 aromatic carbocycles. The molecule has 12 heavy (non-hydrogen) atoms. The molecule has 3 heteroatoms. The molecule has 0 fully saturated rings. The second-order valence-corrected chi connectivity index (χ2v) is 2.07. The van der Waals surface area contributed by atoms with E-state index in [0.29, 0.717) is 17.6 Å². The zero-order chi connectivity index (χ0) is 8.97. The SMILES string of the molecule is C#Cc1cc(OC)cnc1C=O. The number of rotatable bonds is 2. The molecule has 1 rings (SSSR count). The van der Waals surface area contributed by atoms with Crippen LogP contribution < -0.4 is 4.74 Å². The Labute approximate surface area is 70.4 Å². The molecule has 0 bridgehead atoms. The first-order valence-electron chi connectivity index (χ1n) is 3.27. The Morgan fingerprint density at radius 3 is 3.00 bits per heavy atom. The molecule has 0 aliphatic carbocycles. The van der Waals surface area contributed by atoms with E-state index < -0.39 is 0 Å². The van der Waals surface area contributed by atoms with Crippen molar-refractivity contribution in [3.05, 3.63) is 23.5 Å². The molecule has 3 nitrogen and oxygen atoms in total. The van der Waals surface area contributed by atoms with Crippen LogP contribution in [0.2, 0.25) is 0 Å². The van der Waals surface area contributed by atoms with Crippen LogP contribution in [0.15, 0.2) is 12.3 Å². The molecular formula is C9H7NO2. The summed E-state index contributed by atoms with van der Waals surface area (Å²) in [6.45, 7) is 0. The molecule has 60 valence electrons. The first kappa shape index (κ1) is 8.28. The maximum Gasteiger partial charge on any atom is 0.169 e. The number of carbonyl (C=O) groups is 1. The van der Waals surface area contributed by atoms with Gasteiger partial charge in [0.05, 0.1) is 18.9 Å². The second-order valence-electron chi connectivity index (χ2n) is 2.07. The average molecular weight is 161 g/mol. The van der Waals surface area contributed by atoms with Crippen LogP contribution in [-0.2, 0) is 0 Å². The largest absolute Gasteiger partial charge is 0.495 e. The Bertz CT molecular complexity index is 339. The van der Waals surface area contributed by atoms with Crippen LogP contribution in [0.1, 0.15) is 16.1 Å². The minimum Gasteiger partial charge on any atom is -0.495 e. The standard InChI is InChI=1S/C9H7NO2/c1-3-7-4-8(12-2)5-10-9(7)6-11/h1,4-6H,2H3. The first-order valence-corrected chi connectivity index (χ1v) is 3.27. The molecule has 1 aromatic rings. The van der Waals surface area contributed by atoms with Crippen LogP contribution in [0, 0.1) is 12.3 Å². The summed E-state index contributed by atoms with van der Waals surface area (Å²) >= 11 is 0. The van der Waals surface area contributed by atoms with Crippen molar-refractivity contribution in [3.63, 3.8) is 0 Å². The molecule has 0 amide bonds. The Morgan fingerprint density at radius 2 is 2.50 bits per heavy atom. The molecule has 0 aliphatic heterocycles. The van der Waals surface area contributed by atoms with Crippen molar-refractivity contribution in [2.75, 3.05) is 7.11 Å². The molecule has 0 N–H and O–H groups in total. The molecule has 0 saturated heterocycles. The van der Waals surface area contributed by atoms with Gasteiger partial charge in [-0.1, -0.05) is 5.92 Å². The number of pyridine rings is 1. The van der Waals surface area contributed by atoms with Gasteiger partial charge in [-0.3, -0.25) is 4.79 Å². The molecule has 0 aliphatic rings. The van der Waals surface area contributed by atoms with Crippen molar-refractivity contribution in [2.45, 2.75) is 0 Å². The van der Waals surface area contributed by atoms with Crippen molar-refractivity contribution < 1.29 is 9.53 Å². The predicted octanol–water partition coefficient (Wildman–Crippen LogP) is 0.884. The summed E-state index contributed by atoms with van der Waals surface area (Å²) in [6, 6.07) is 1.59. The van der Waals surface area contributed by atoms with Crippen molar-refractivity contribution in [1.82, 2.24) is 4.98 Å². The normalized spacial score (nSPS) is 8.67. The number of aldehydes is 1. The van der Waals surface area contributed by atoms with Crippen molar-refractivity contribution >= 4 is 6.29 Å². The number of hydrogen-bond acceptors (Lipinski definition) is 3. The molecule has 1 aromatic heterocycles. The lowest BCUT2D eigenvalue weighted by molar-refractivity contribution is 0.111. The van der Waals surface area contributed by atoms with Crippen LogP contribution in [0.3, 0.4) is 0 Å². The summed E-state index contributed by atoms with van der Waals surface area (Å²) in [5.74, 6) is 2.90. The maximum absolute atomic E-state index is 10.4. The smallest absolute Gasteiger partial charge is 0.169 e. The zero-order valence-corrected chi connectivity index (χ0v) is 6.57. The van der Waals surface area contributed by atoms with E-state index in [4.69, 9.17) is 11.2 Å². The summed E-state index contributed by atoms with van der Waals surface area (Å²) in [4.78, 5) is 14.2. The third-order valence-electron chi connectivity index (χ3n) is 1.40. The lowest BCUT2D eigenvalue weighted by atomic mass is 10.2. The van der Waals surface area contributed by atoms with Crippen molar-refractivity contribution in [2.24, 2.45) is 0 Å². The number of hydrogen-bond donors (Lipinski definition) is 0. The van der Waals surface area contributed by atoms with Gasteiger partial charge in [0, 0.05) is 0 Å². The van der Waals surface area contributed by atoms with E-state index in [-0.39, 0.29) is 5.69 Å². The third kappa shape index (κ3) is 1.43. The summed E-state index contributed by atoms with van der Waals surface area (Å²) in [6.07, 6.45) is 7.21. The van der Waals surface area contributed by atoms with E-state index in [0.717, 1.165) is 0 Å². The van der Waals surface area contributed by atoms with E-state index in [1.807, 2.05) is 0 Å². The summed E-state index contributed by atoms with van der Waals surface area (Å²) in [7, 11) is 1.51. The second kappa shape index (κ2) is 3.54. The number of carbonyl (C=O) groups excluding carboxylic acids is 1. The lowest BCUT2D eigenvalue weighted by Gasteiger charge is -2.00. The molecule has 0 saturated carbocycles. The fourth-order valence-corrected chi connectivity index (χ4v) is 0.777. The van der Waals surface area contributed by atoms with E-state index in [2.05, 4.69) is 10.9 Å². The molecule has 0 unspecified atom stereocenters. The summed E-state index contributed by atoms with van der Waals surface area (Å²) < 4.78 is 4.88. The maximum atomic E-state index is 10.4. The van der Waals surface area contributed by atoms with Gasteiger partial charge >= 0.3 is 0 Å². The lowest BCUT2D eigenvalue weighted by Crippen LogP contribution is -1.93. The van der Waals surface area contributed by atoms with E-state index in [1.165, 1.54) is 13.3 Å². The highest BCUT2D eigenvalue weighted by Crippen LogP contribution is 2.12. The number of nitrogens with zero attached hydrogens (tertiary/aromatic N) is 1. The van der Waals surface area contributed by atoms with Gasteiger partial charge in [0.15, 0.2) is 6.29 Å². The zero-order valence-electron chi connectivity index (χ0n) is 6.57. The third-order valence-corrected chi connectivity index (χ3v) is 1.40. The Balaban J connectivity index is 3.22. The minimum absolute atomic E-state index is 0.262. The van der Waals surface area contributed by atoms with Crippen LogP contribution in [0.5, 0.6) is 5.75 Å². The molecular weight excluding hydrogens is 154 g/mol. The number of methoxy groups -OCH3 is 1. The average Bonchev–Trinajstić information content (AvgIpc) is 2.16. The minimum atomic E-state index is 0.262. The number of aromatic nitrogens is 1. The summed E-state index contributed by atoms with van der Waals surface area (Å²) in [5, 5.41) is 0. The Morgan fingerprint density at radius 1 is 1.75 bits per heavy atom. The van der Waals surface area contributed by atoms with Gasteiger partial charge in [0.1, 0.15) is 11.4 Å². The summed E-state index contributed by atoms with van der Waals surface area (Å²) in [5.41, 5.74) is 0.711. The van der Waals surface area contributed by atoms with Crippen LogP contribution in [0.25, 0.3) is 0 Å². The van der Waals surface area contributed by atoms with Crippen molar-refractivity contribution in [3.8, 4) is 18.1 Å². The highest BCUT2D eigenvalue weighted by atomic mass is 16.5. The van der Waals surface area contributed by atoms with Gasteiger partial charge < -0.3 is 4.74 Å².